The van der Waals surface area contributed by atoms with Gasteiger partial charge in [0.05, 0.1) is 12.5 Å². The number of ether oxygens (including phenoxy) is 2. The average Bonchev–Trinajstić information content (AvgIpc) is 2.69. The SMILES string of the molecule is Cc1ccc(NC(=O)C2CCCC(C(=O)O)C2)cc1OCC1CCOCC1. The molecule has 1 saturated carbocycles. The number of carbonyl (C=O) groups excluding carboxylic acids is 1. The van der Waals surface area contributed by atoms with Crippen LogP contribution in [0.3, 0.4) is 0 Å². The van der Waals surface area contributed by atoms with Gasteiger partial charge in [-0.1, -0.05) is 12.5 Å². The molecule has 1 heterocycles. The Morgan fingerprint density at radius 2 is 1.93 bits per heavy atom. The van der Waals surface area contributed by atoms with E-state index in [-0.39, 0.29) is 11.8 Å². The molecule has 0 radical (unpaired) electrons. The van der Waals surface area contributed by atoms with Crippen LogP contribution in [0, 0.1) is 24.7 Å². The van der Waals surface area contributed by atoms with Crippen LogP contribution in [-0.2, 0) is 14.3 Å². The highest BCUT2D eigenvalue weighted by Gasteiger charge is 2.31. The highest BCUT2D eigenvalue weighted by atomic mass is 16.5. The van der Waals surface area contributed by atoms with Gasteiger partial charge >= 0.3 is 5.97 Å². The first-order chi connectivity index (χ1) is 13.0. The molecule has 6 nitrogen and oxygen atoms in total. The van der Waals surface area contributed by atoms with Crippen LogP contribution in [0.15, 0.2) is 18.2 Å². The molecule has 0 bridgehead atoms. The second-order valence-electron chi connectivity index (χ2n) is 7.73. The normalized spacial score (nSPS) is 23.6. The molecule has 6 heteroatoms. The molecule has 1 aromatic carbocycles. The smallest absolute Gasteiger partial charge is 0.306 e. The van der Waals surface area contributed by atoms with E-state index in [1.807, 2.05) is 25.1 Å². The van der Waals surface area contributed by atoms with Gasteiger partial charge in [-0.2, -0.15) is 0 Å². The predicted octanol–water partition coefficient (Wildman–Crippen LogP) is 3.63. The van der Waals surface area contributed by atoms with Gasteiger partial charge in [0, 0.05) is 30.9 Å². The molecule has 0 spiro atoms. The lowest BCUT2D eigenvalue weighted by atomic mass is 9.81. The Labute approximate surface area is 160 Å². The van der Waals surface area contributed by atoms with Crippen molar-refractivity contribution >= 4 is 17.6 Å². The van der Waals surface area contributed by atoms with E-state index in [1.54, 1.807) is 0 Å². The fourth-order valence-electron chi connectivity index (χ4n) is 3.85. The standard InChI is InChI=1S/C21H29NO5/c1-14-5-6-18(12-19(14)27-13-15-7-9-26-10-8-15)22-20(23)16-3-2-4-17(11-16)21(24)25/h5-6,12,15-17H,2-4,7-11,13H2,1H3,(H,22,23)(H,24,25). The minimum Gasteiger partial charge on any atom is -0.493 e. The summed E-state index contributed by atoms with van der Waals surface area (Å²) in [7, 11) is 0. The number of hydrogen-bond donors (Lipinski definition) is 2. The summed E-state index contributed by atoms with van der Waals surface area (Å²) in [5.74, 6) is -0.261. The lowest BCUT2D eigenvalue weighted by molar-refractivity contribution is -0.143. The molecule has 2 aliphatic rings. The number of amides is 1. The van der Waals surface area contributed by atoms with Crippen molar-refractivity contribution in [2.45, 2.75) is 45.4 Å². The van der Waals surface area contributed by atoms with Gasteiger partial charge < -0.3 is 19.9 Å². The molecule has 0 aromatic heterocycles. The van der Waals surface area contributed by atoms with E-state index in [9.17, 15) is 14.7 Å². The van der Waals surface area contributed by atoms with Crippen LogP contribution in [0.5, 0.6) is 5.75 Å². The van der Waals surface area contributed by atoms with Crippen LogP contribution in [-0.4, -0.2) is 36.8 Å². The van der Waals surface area contributed by atoms with E-state index in [0.717, 1.165) is 50.2 Å². The quantitative estimate of drug-likeness (QED) is 0.793. The Kier molecular flexibility index (Phi) is 6.72. The van der Waals surface area contributed by atoms with Crippen molar-refractivity contribution in [3.05, 3.63) is 23.8 Å². The Morgan fingerprint density at radius 3 is 2.67 bits per heavy atom. The number of carboxylic acids is 1. The third-order valence-electron chi connectivity index (χ3n) is 5.67. The average molecular weight is 375 g/mol. The zero-order chi connectivity index (χ0) is 19.2. The number of rotatable bonds is 6. The highest BCUT2D eigenvalue weighted by Crippen LogP contribution is 2.31. The number of hydrogen-bond acceptors (Lipinski definition) is 4. The van der Waals surface area contributed by atoms with Crippen molar-refractivity contribution in [3.8, 4) is 5.75 Å². The van der Waals surface area contributed by atoms with Crippen molar-refractivity contribution < 1.29 is 24.2 Å². The maximum Gasteiger partial charge on any atom is 0.306 e. The summed E-state index contributed by atoms with van der Waals surface area (Å²) in [6, 6.07) is 5.67. The van der Waals surface area contributed by atoms with Crippen LogP contribution in [0.25, 0.3) is 0 Å². The maximum absolute atomic E-state index is 12.6. The molecule has 1 aromatic rings. The van der Waals surface area contributed by atoms with Gasteiger partial charge in [0.15, 0.2) is 0 Å². The van der Waals surface area contributed by atoms with Crippen molar-refractivity contribution in [1.82, 2.24) is 0 Å². The molecule has 1 saturated heterocycles. The number of benzene rings is 1. The van der Waals surface area contributed by atoms with Gasteiger partial charge in [-0.15, -0.1) is 0 Å². The van der Waals surface area contributed by atoms with E-state index in [4.69, 9.17) is 9.47 Å². The second-order valence-corrected chi connectivity index (χ2v) is 7.73. The van der Waals surface area contributed by atoms with Crippen molar-refractivity contribution in [1.29, 1.82) is 0 Å². The fourth-order valence-corrected chi connectivity index (χ4v) is 3.85. The number of nitrogens with one attached hydrogen (secondary N) is 1. The second kappa shape index (κ2) is 9.22. The minimum atomic E-state index is -0.799. The summed E-state index contributed by atoms with van der Waals surface area (Å²) in [6.07, 6.45) is 4.63. The third kappa shape index (κ3) is 5.45. The van der Waals surface area contributed by atoms with Crippen LogP contribution in [0.2, 0.25) is 0 Å². The van der Waals surface area contributed by atoms with Gasteiger partial charge in [0.2, 0.25) is 5.91 Å². The summed E-state index contributed by atoms with van der Waals surface area (Å²) in [5, 5.41) is 12.1. The molecule has 148 valence electrons. The van der Waals surface area contributed by atoms with Crippen molar-refractivity contribution in [2.24, 2.45) is 17.8 Å². The van der Waals surface area contributed by atoms with Gasteiger partial charge in [0.25, 0.3) is 0 Å². The summed E-state index contributed by atoms with van der Waals surface area (Å²) >= 11 is 0. The lowest BCUT2D eigenvalue weighted by Crippen LogP contribution is -2.30. The molecular weight excluding hydrogens is 346 g/mol. The van der Waals surface area contributed by atoms with E-state index in [2.05, 4.69) is 5.32 Å². The van der Waals surface area contributed by atoms with E-state index < -0.39 is 11.9 Å². The van der Waals surface area contributed by atoms with Crippen molar-refractivity contribution in [2.75, 3.05) is 25.1 Å². The van der Waals surface area contributed by atoms with Crippen LogP contribution < -0.4 is 10.1 Å². The summed E-state index contributed by atoms with van der Waals surface area (Å²) in [4.78, 5) is 23.8. The van der Waals surface area contributed by atoms with Crippen LogP contribution in [0.4, 0.5) is 5.69 Å². The zero-order valence-corrected chi connectivity index (χ0v) is 15.9. The summed E-state index contributed by atoms with van der Waals surface area (Å²) in [6.45, 7) is 4.23. The van der Waals surface area contributed by atoms with Gasteiger partial charge in [-0.05, 0) is 56.6 Å². The first-order valence-corrected chi connectivity index (χ1v) is 9.88. The monoisotopic (exact) mass is 375 g/mol. The van der Waals surface area contributed by atoms with Crippen molar-refractivity contribution in [3.63, 3.8) is 0 Å². The molecule has 1 amide bonds. The number of carbonyl (C=O) groups is 2. The number of anilines is 1. The minimum absolute atomic E-state index is 0.0971. The molecule has 2 fully saturated rings. The molecule has 2 unspecified atom stereocenters. The van der Waals surface area contributed by atoms with E-state index >= 15 is 0 Å². The molecule has 3 rings (SSSR count). The highest BCUT2D eigenvalue weighted by molar-refractivity contribution is 5.93. The first-order valence-electron chi connectivity index (χ1n) is 9.88. The predicted molar refractivity (Wildman–Crippen MR) is 102 cm³/mol. The zero-order valence-electron chi connectivity index (χ0n) is 15.9. The Morgan fingerprint density at radius 1 is 1.19 bits per heavy atom. The number of aryl methyl sites for hydroxylation is 1. The Hall–Kier alpha value is -2.08. The Bertz CT molecular complexity index is 669. The largest absolute Gasteiger partial charge is 0.493 e. The molecule has 1 aliphatic carbocycles. The topological polar surface area (TPSA) is 84.9 Å². The summed E-state index contributed by atoms with van der Waals surface area (Å²) in [5.41, 5.74) is 1.73. The van der Waals surface area contributed by atoms with E-state index in [1.165, 1.54) is 0 Å². The maximum atomic E-state index is 12.6. The lowest BCUT2D eigenvalue weighted by Gasteiger charge is -2.26. The van der Waals surface area contributed by atoms with Crippen LogP contribution in [0.1, 0.15) is 44.1 Å². The molecule has 27 heavy (non-hydrogen) atoms. The number of carboxylic acid groups (broad SMARTS) is 1. The van der Waals surface area contributed by atoms with Gasteiger partial charge in [-0.25, -0.2) is 0 Å². The van der Waals surface area contributed by atoms with Gasteiger partial charge in [-0.3, -0.25) is 9.59 Å². The fraction of sp³-hybridized carbons (Fsp3) is 0.619. The molecule has 2 N–H and O–H groups in total. The van der Waals surface area contributed by atoms with Crippen LogP contribution >= 0.6 is 0 Å². The molecule has 1 aliphatic heterocycles. The van der Waals surface area contributed by atoms with E-state index in [0.29, 0.717) is 31.1 Å². The number of aliphatic carboxylic acids is 1. The first kappa shape index (κ1) is 19.7. The molecule has 2 atom stereocenters. The summed E-state index contributed by atoms with van der Waals surface area (Å²) < 4.78 is 11.4. The molecular formula is C21H29NO5. The third-order valence-corrected chi connectivity index (χ3v) is 5.67. The Balaban J connectivity index is 1.58. The van der Waals surface area contributed by atoms with Gasteiger partial charge in [0.1, 0.15) is 5.75 Å².